The topological polar surface area (TPSA) is 87.3 Å². The zero-order chi connectivity index (χ0) is 26.8. The number of hydrogen-bond donors (Lipinski definition) is 2. The maximum atomic E-state index is 12.5. The minimum atomic E-state index is -1.20. The molecule has 0 bridgehead atoms. The first-order valence-electron chi connectivity index (χ1n) is 15.3. The molecule has 3 aliphatic carbocycles. The molecule has 3 fully saturated rings. The second kappa shape index (κ2) is 9.85. The normalized spacial score (nSPS) is 44.2. The number of aliphatic hydroxyl groups is 2. The van der Waals surface area contributed by atoms with E-state index in [0.717, 1.165) is 43.6 Å². The van der Waals surface area contributed by atoms with E-state index in [1.165, 1.54) is 38.5 Å². The lowest BCUT2D eigenvalue weighted by atomic mass is 9.46. The Morgan fingerprint density at radius 1 is 1.03 bits per heavy atom. The minimum absolute atomic E-state index is 0.133. The first-order chi connectivity index (χ1) is 17.4. The van der Waals surface area contributed by atoms with Gasteiger partial charge in [0.1, 0.15) is 5.60 Å². The third-order valence-corrected chi connectivity index (χ3v) is 12.0. The third kappa shape index (κ3) is 4.30. The minimum Gasteiger partial charge on any atom is -0.393 e. The SMILES string of the molecule is CC(C)CCC[C@@H](C)[C@H]1CC[C@H]2[C@@H]3C(CN(C)C)n4nnnc4[C@@]4(O)C[C@@H](O)CC[C@]4(C)[C@@H]3CC[C@]12C. The van der Waals surface area contributed by atoms with Gasteiger partial charge in [-0.1, -0.05) is 53.9 Å². The average molecular weight is 516 g/mol. The summed E-state index contributed by atoms with van der Waals surface area (Å²) in [5.41, 5.74) is -1.22. The van der Waals surface area contributed by atoms with Crippen molar-refractivity contribution in [3.05, 3.63) is 5.82 Å². The molecule has 4 aliphatic rings. The zero-order valence-electron chi connectivity index (χ0n) is 24.5. The number of tetrazole rings is 1. The van der Waals surface area contributed by atoms with Crippen LogP contribution in [0.3, 0.4) is 0 Å². The van der Waals surface area contributed by atoms with Gasteiger partial charge in [-0.25, -0.2) is 4.68 Å². The van der Waals surface area contributed by atoms with E-state index >= 15 is 0 Å². The van der Waals surface area contributed by atoms with Crippen LogP contribution in [0.1, 0.15) is 111 Å². The Bertz CT molecular complexity index is 950. The molecule has 0 saturated heterocycles. The highest BCUT2D eigenvalue weighted by molar-refractivity contribution is 5.20. The molecule has 1 aliphatic heterocycles. The molecule has 0 amide bonds. The fourth-order valence-corrected chi connectivity index (χ4v) is 10.1. The lowest BCUT2D eigenvalue weighted by Crippen LogP contribution is -2.57. The van der Waals surface area contributed by atoms with Crippen molar-refractivity contribution in [3.8, 4) is 0 Å². The van der Waals surface area contributed by atoms with Crippen LogP contribution >= 0.6 is 0 Å². The lowest BCUT2D eigenvalue weighted by Gasteiger charge is -2.59. The molecule has 1 aromatic heterocycles. The van der Waals surface area contributed by atoms with Crippen molar-refractivity contribution in [1.82, 2.24) is 25.1 Å². The summed E-state index contributed by atoms with van der Waals surface area (Å²) in [4.78, 5) is 2.27. The van der Waals surface area contributed by atoms with Crippen molar-refractivity contribution < 1.29 is 10.2 Å². The van der Waals surface area contributed by atoms with Crippen LogP contribution in [0.4, 0.5) is 0 Å². The van der Waals surface area contributed by atoms with Gasteiger partial charge >= 0.3 is 0 Å². The molecule has 37 heavy (non-hydrogen) atoms. The van der Waals surface area contributed by atoms with Crippen LogP contribution < -0.4 is 0 Å². The van der Waals surface area contributed by atoms with Gasteiger partial charge in [-0.3, -0.25) is 0 Å². The summed E-state index contributed by atoms with van der Waals surface area (Å²) in [7, 11) is 4.29. The van der Waals surface area contributed by atoms with Crippen LogP contribution in [-0.2, 0) is 5.60 Å². The van der Waals surface area contributed by atoms with Crippen LogP contribution in [0.5, 0.6) is 0 Å². The molecule has 3 saturated carbocycles. The molecule has 2 N–H and O–H groups in total. The molecular formula is C30H53N5O2. The van der Waals surface area contributed by atoms with Crippen molar-refractivity contribution in [3.63, 3.8) is 0 Å². The smallest absolute Gasteiger partial charge is 0.184 e. The van der Waals surface area contributed by atoms with Gasteiger partial charge < -0.3 is 15.1 Å². The highest BCUT2D eigenvalue weighted by Gasteiger charge is 2.67. The molecule has 5 rings (SSSR count). The maximum Gasteiger partial charge on any atom is 0.184 e. The molecule has 7 nitrogen and oxygen atoms in total. The summed E-state index contributed by atoms with van der Waals surface area (Å²) in [5.74, 6) is 4.31. The fraction of sp³-hybridized carbons (Fsp3) is 0.967. The largest absolute Gasteiger partial charge is 0.393 e. The van der Waals surface area contributed by atoms with E-state index in [4.69, 9.17) is 0 Å². The number of aromatic nitrogens is 4. The third-order valence-electron chi connectivity index (χ3n) is 12.0. The van der Waals surface area contributed by atoms with Crippen LogP contribution in [0.25, 0.3) is 0 Å². The van der Waals surface area contributed by atoms with Crippen molar-refractivity contribution in [2.75, 3.05) is 20.6 Å². The Labute approximate surface area is 224 Å². The van der Waals surface area contributed by atoms with E-state index in [1.54, 1.807) is 0 Å². The van der Waals surface area contributed by atoms with E-state index in [9.17, 15) is 10.2 Å². The number of fused-ring (bicyclic) bond motifs is 7. The van der Waals surface area contributed by atoms with Crippen LogP contribution in [0.2, 0.25) is 0 Å². The molecule has 1 aromatic rings. The van der Waals surface area contributed by atoms with E-state index in [0.29, 0.717) is 35.4 Å². The van der Waals surface area contributed by atoms with Crippen molar-refractivity contribution >= 4 is 0 Å². The number of rotatable bonds is 7. The molecule has 0 spiro atoms. The molecule has 1 unspecified atom stereocenters. The van der Waals surface area contributed by atoms with E-state index in [2.05, 4.69) is 69.1 Å². The summed E-state index contributed by atoms with van der Waals surface area (Å²) in [6, 6.07) is 0.133. The van der Waals surface area contributed by atoms with Crippen molar-refractivity contribution in [1.29, 1.82) is 0 Å². The van der Waals surface area contributed by atoms with Crippen molar-refractivity contribution in [2.45, 2.75) is 117 Å². The van der Waals surface area contributed by atoms with Gasteiger partial charge in [0.25, 0.3) is 0 Å². The predicted octanol–water partition coefficient (Wildman–Crippen LogP) is 5.05. The Balaban J connectivity index is 1.55. The lowest BCUT2D eigenvalue weighted by molar-refractivity contribution is -0.194. The second-order valence-electron chi connectivity index (χ2n) is 14.8. The molecular weight excluding hydrogens is 462 g/mol. The molecule has 0 radical (unpaired) electrons. The Kier molecular flexibility index (Phi) is 7.32. The fourth-order valence-electron chi connectivity index (χ4n) is 10.1. The zero-order valence-corrected chi connectivity index (χ0v) is 24.5. The Morgan fingerprint density at radius 2 is 1.78 bits per heavy atom. The van der Waals surface area contributed by atoms with E-state index < -0.39 is 11.7 Å². The summed E-state index contributed by atoms with van der Waals surface area (Å²) in [6.45, 7) is 13.0. The van der Waals surface area contributed by atoms with E-state index in [-0.39, 0.29) is 11.5 Å². The van der Waals surface area contributed by atoms with Crippen LogP contribution in [0, 0.1) is 46.3 Å². The van der Waals surface area contributed by atoms with Gasteiger partial charge in [-0.05, 0) is 104 Å². The first-order valence-corrected chi connectivity index (χ1v) is 15.3. The molecule has 10 atom stereocenters. The molecule has 2 heterocycles. The number of hydrogen-bond acceptors (Lipinski definition) is 6. The molecule has 0 aromatic carbocycles. The van der Waals surface area contributed by atoms with Crippen LogP contribution in [-0.4, -0.2) is 62.1 Å². The van der Waals surface area contributed by atoms with Crippen molar-refractivity contribution in [2.24, 2.45) is 46.3 Å². The summed E-state index contributed by atoms with van der Waals surface area (Å²) in [5, 5.41) is 36.4. The van der Waals surface area contributed by atoms with E-state index in [1.807, 2.05) is 4.68 Å². The van der Waals surface area contributed by atoms with Gasteiger partial charge in [0, 0.05) is 18.4 Å². The quantitative estimate of drug-likeness (QED) is 0.528. The number of aliphatic hydroxyl groups excluding tert-OH is 1. The number of nitrogens with zero attached hydrogens (tertiary/aromatic N) is 5. The highest BCUT2D eigenvalue weighted by Crippen LogP contribution is 2.69. The monoisotopic (exact) mass is 515 g/mol. The van der Waals surface area contributed by atoms with Gasteiger partial charge in [0.05, 0.1) is 12.1 Å². The summed E-state index contributed by atoms with van der Waals surface area (Å²) >= 11 is 0. The van der Waals surface area contributed by atoms with Gasteiger partial charge in [0.2, 0.25) is 0 Å². The Hall–Kier alpha value is -1.05. The summed E-state index contributed by atoms with van der Waals surface area (Å²) < 4.78 is 2.01. The number of likely N-dealkylation sites (N-methyl/N-ethyl adjacent to an activating group) is 1. The first kappa shape index (κ1) is 27.5. The Morgan fingerprint density at radius 3 is 2.49 bits per heavy atom. The van der Waals surface area contributed by atoms with Gasteiger partial charge in [-0.2, -0.15) is 0 Å². The standard InChI is InChI=1S/C30H53N5O2/c1-19(2)9-8-10-20(3)22-11-12-23-26-24(14-15-28(22,23)4)29(5)16-13-21(36)17-30(29,37)27-31-32-33-35(27)25(26)18-34(6)7/h19-26,36-37H,8-18H2,1-7H3/t20-,21+,22-,23+,24-,25?,26+,28-,29-,30+/m1/s1. The average Bonchev–Trinajstić information content (AvgIpc) is 3.43. The predicted molar refractivity (Wildman–Crippen MR) is 146 cm³/mol. The highest BCUT2D eigenvalue weighted by atomic mass is 16.3. The van der Waals surface area contributed by atoms with Gasteiger partial charge in [-0.15, -0.1) is 5.10 Å². The maximum absolute atomic E-state index is 12.5. The molecule has 7 heteroatoms. The second-order valence-corrected chi connectivity index (χ2v) is 14.8. The van der Waals surface area contributed by atoms with Gasteiger partial charge in [0.15, 0.2) is 5.82 Å². The summed E-state index contributed by atoms with van der Waals surface area (Å²) in [6.07, 6.45) is 10.4. The van der Waals surface area contributed by atoms with Crippen LogP contribution in [0.15, 0.2) is 0 Å². The molecule has 210 valence electrons.